The van der Waals surface area contributed by atoms with Crippen molar-refractivity contribution in [2.24, 2.45) is 0 Å². The third-order valence-corrected chi connectivity index (χ3v) is 0. The molecule has 2 N–H and O–H groups in total. The van der Waals surface area contributed by atoms with Crippen molar-refractivity contribution < 1.29 is 37.0 Å². The first-order valence-electron chi connectivity index (χ1n) is 0.698. The molecule has 42 valence electrons. The Bertz CT molecular complexity index is 99.2. The fraction of sp³-hybridized carbons (Fsp3) is 0. The summed E-state index contributed by atoms with van der Waals surface area (Å²) in [6, 6.07) is 0. The monoisotopic (exact) mass is 344 g/mol. The Kier molecular flexibility index (Phi) is 29.0. The van der Waals surface area contributed by atoms with Crippen LogP contribution in [-0.4, -0.2) is 104 Å². The van der Waals surface area contributed by atoms with Crippen LogP contribution in [0.4, 0.5) is 0 Å². The summed E-state index contributed by atoms with van der Waals surface area (Å²) in [6.07, 6.45) is 0. The van der Waals surface area contributed by atoms with Crippen LogP contribution in [0.15, 0.2) is 0 Å². The molecule has 0 aliphatic rings. The van der Waals surface area contributed by atoms with E-state index < -0.39 is 10.4 Å². The predicted octanol–water partition coefficient (Wildman–Crippen LogP) is -2.49. The summed E-state index contributed by atoms with van der Waals surface area (Å²) in [7, 11) is -4.67. The molecule has 0 aromatic heterocycles. The van der Waals surface area contributed by atoms with Crippen LogP contribution in [0.25, 0.3) is 0 Å². The van der Waals surface area contributed by atoms with Crippen LogP contribution in [0.2, 0.25) is 0 Å². The van der Waals surface area contributed by atoms with Gasteiger partial charge in [0, 0.05) is 19.5 Å². The third-order valence-electron chi connectivity index (χ3n) is 0. The van der Waals surface area contributed by atoms with Crippen molar-refractivity contribution in [3.63, 3.8) is 0 Å². The van der Waals surface area contributed by atoms with Crippen molar-refractivity contribution >= 4 is 97.0 Å². The van der Waals surface area contributed by atoms with Gasteiger partial charge in [0.25, 0.3) is 0 Å². The zero-order valence-corrected chi connectivity index (χ0v) is 6.61. The van der Waals surface area contributed by atoms with Gasteiger partial charge >= 0.3 is 97.0 Å². The van der Waals surface area contributed by atoms with Gasteiger partial charge in [0.15, 0.2) is 0 Å². The second kappa shape index (κ2) is 10.3. The van der Waals surface area contributed by atoms with E-state index >= 15 is 0 Å². The zero-order chi connectivity index (χ0) is 4.50. The molecular weight excluding hydrogens is 339 g/mol. The Morgan fingerprint density at radius 2 is 1.12 bits per heavy atom. The molecule has 0 rings (SSSR count). The summed E-state index contributed by atoms with van der Waals surface area (Å²) in [6.45, 7) is 0. The van der Waals surface area contributed by atoms with Crippen LogP contribution in [-0.2, 0) is 29.9 Å². The maximum atomic E-state index is 8.74. The first-order valence-corrected chi connectivity index (χ1v) is 2.10. The molecule has 0 aromatic carbocycles. The molecule has 0 aromatic rings. The van der Waals surface area contributed by atoms with E-state index in [1.165, 1.54) is 0 Å². The molecule has 0 amide bonds. The van der Waals surface area contributed by atoms with E-state index in [0.717, 1.165) is 0 Å². The van der Waals surface area contributed by atoms with Crippen LogP contribution < -0.4 is 0 Å². The molecule has 0 aliphatic carbocycles. The van der Waals surface area contributed by atoms with Gasteiger partial charge in [-0.3, -0.25) is 9.11 Å². The smallest absolute Gasteiger partial charge is 0 e. The molecule has 8 heteroatoms. The first-order chi connectivity index (χ1) is 2.00. The first kappa shape index (κ1) is 22.5. The minimum atomic E-state index is -4.67. The minimum Gasteiger partial charge on any atom is 0 e. The second-order valence-corrected chi connectivity index (χ2v) is 1.34. The zero-order valence-electron chi connectivity index (χ0n) is 2.83. The average molecular weight is 345 g/mol. The molecular formula is H6BaCaO4SZn. The SMILES string of the molecule is O=S(=O)(O)O.[BaH2].[CaH2].[Zn]. The summed E-state index contributed by atoms with van der Waals surface area (Å²) in [5.74, 6) is 0. The Labute approximate surface area is 131 Å². The molecule has 4 nitrogen and oxygen atoms in total. The van der Waals surface area contributed by atoms with Gasteiger partial charge in [0.1, 0.15) is 0 Å². The van der Waals surface area contributed by atoms with Crippen LogP contribution in [0.3, 0.4) is 0 Å². The average Bonchev–Trinajstić information content (AvgIpc) is 0.722. The van der Waals surface area contributed by atoms with Crippen LogP contribution in [0.5, 0.6) is 0 Å². The number of rotatable bonds is 0. The predicted molar refractivity (Wildman–Crippen MR) is 31.3 cm³/mol. The number of hydrogen-bond donors (Lipinski definition) is 2. The van der Waals surface area contributed by atoms with Gasteiger partial charge in [-0.15, -0.1) is 0 Å². The largest absolute Gasteiger partial charge is 0 e. The standard InChI is InChI=1S/Ba.Ca.H2O4S.Zn.4H/c;;1-5(2,3)4;;;;;/h;;(H2,1,2,3,4);;;;;. The van der Waals surface area contributed by atoms with Crippen molar-refractivity contribution in [2.45, 2.75) is 0 Å². The molecule has 0 radical (unpaired) electrons. The molecule has 0 unspecified atom stereocenters. The van der Waals surface area contributed by atoms with Crippen molar-refractivity contribution in [1.82, 2.24) is 0 Å². The van der Waals surface area contributed by atoms with Gasteiger partial charge in [-0.2, -0.15) is 8.42 Å². The Hall–Kier alpha value is 3.32. The summed E-state index contributed by atoms with van der Waals surface area (Å²) in [5, 5.41) is 0. The summed E-state index contributed by atoms with van der Waals surface area (Å²) in [4.78, 5) is 0. The summed E-state index contributed by atoms with van der Waals surface area (Å²) >= 11 is 0. The molecule has 0 heterocycles. The molecule has 8 heavy (non-hydrogen) atoms. The quantitative estimate of drug-likeness (QED) is 0.377. The van der Waals surface area contributed by atoms with Crippen LogP contribution in [0.1, 0.15) is 0 Å². The molecule has 0 aliphatic heterocycles. The van der Waals surface area contributed by atoms with E-state index in [4.69, 9.17) is 17.5 Å². The minimum absolute atomic E-state index is 0. The molecule has 0 bridgehead atoms. The number of hydrogen-bond acceptors (Lipinski definition) is 2. The Balaban J connectivity index is -0.0000000267. The van der Waals surface area contributed by atoms with Crippen molar-refractivity contribution in [1.29, 1.82) is 0 Å². The van der Waals surface area contributed by atoms with E-state index in [1.807, 2.05) is 0 Å². The van der Waals surface area contributed by atoms with Crippen molar-refractivity contribution in [2.75, 3.05) is 0 Å². The normalized spacial score (nSPS) is 7.25. The van der Waals surface area contributed by atoms with Gasteiger partial charge in [-0.05, 0) is 0 Å². The Morgan fingerprint density at radius 1 is 1.12 bits per heavy atom. The summed E-state index contributed by atoms with van der Waals surface area (Å²) in [5.41, 5.74) is 0. The maximum Gasteiger partial charge on any atom is 0 e. The van der Waals surface area contributed by atoms with Gasteiger partial charge in [0.2, 0.25) is 0 Å². The second-order valence-electron chi connectivity index (χ2n) is 0.448. The van der Waals surface area contributed by atoms with Crippen LogP contribution >= 0.6 is 0 Å². The van der Waals surface area contributed by atoms with Crippen molar-refractivity contribution in [3.8, 4) is 0 Å². The molecule has 0 atom stereocenters. The van der Waals surface area contributed by atoms with Gasteiger partial charge in [0.05, 0.1) is 0 Å². The molecule has 0 saturated heterocycles. The summed E-state index contributed by atoms with van der Waals surface area (Å²) < 4.78 is 31.6. The van der Waals surface area contributed by atoms with Crippen LogP contribution in [0, 0.1) is 0 Å². The molecule has 0 saturated carbocycles. The molecule has 0 spiro atoms. The van der Waals surface area contributed by atoms with Gasteiger partial charge in [-0.25, -0.2) is 0 Å². The van der Waals surface area contributed by atoms with E-state index in [9.17, 15) is 0 Å². The van der Waals surface area contributed by atoms with Gasteiger partial charge in [-0.1, -0.05) is 0 Å². The topological polar surface area (TPSA) is 74.6 Å². The van der Waals surface area contributed by atoms with E-state index in [-0.39, 0.29) is 106 Å². The fourth-order valence-electron chi connectivity index (χ4n) is 0. The molecule has 0 fully saturated rings. The fourth-order valence-corrected chi connectivity index (χ4v) is 0. The van der Waals surface area contributed by atoms with E-state index in [2.05, 4.69) is 0 Å². The maximum absolute atomic E-state index is 8.74. The Morgan fingerprint density at radius 3 is 1.12 bits per heavy atom. The van der Waals surface area contributed by atoms with Crippen molar-refractivity contribution in [3.05, 3.63) is 0 Å². The van der Waals surface area contributed by atoms with Gasteiger partial charge < -0.3 is 0 Å². The third kappa shape index (κ3) is 58.5. The van der Waals surface area contributed by atoms with E-state index in [1.54, 1.807) is 0 Å². The van der Waals surface area contributed by atoms with E-state index in [0.29, 0.717) is 0 Å².